The Labute approximate surface area is 269 Å². The number of fused-ring (bicyclic) bond motifs is 3. The van der Waals surface area contributed by atoms with Crippen LogP contribution in [0.3, 0.4) is 0 Å². The summed E-state index contributed by atoms with van der Waals surface area (Å²) in [7, 11) is 1.82. The van der Waals surface area contributed by atoms with Gasteiger partial charge in [-0.05, 0) is 73.8 Å². The lowest BCUT2D eigenvalue weighted by Crippen LogP contribution is -2.66. The second-order valence-corrected chi connectivity index (χ2v) is 15.3. The van der Waals surface area contributed by atoms with Crippen molar-refractivity contribution in [3.8, 4) is 0 Å². The number of esters is 1. The summed E-state index contributed by atoms with van der Waals surface area (Å²) in [6, 6.07) is 2.99. The molecule has 252 valence electrons. The number of rotatable bonds is 6. The molecule has 10 atom stereocenters. The highest BCUT2D eigenvalue weighted by Crippen LogP contribution is 2.78. The van der Waals surface area contributed by atoms with Crippen molar-refractivity contribution in [1.82, 2.24) is 20.4 Å². The highest BCUT2D eigenvalue weighted by atomic mass is 16.7. The Morgan fingerprint density at radius 1 is 1.13 bits per heavy atom. The second-order valence-electron chi connectivity index (χ2n) is 15.3. The first-order chi connectivity index (χ1) is 21.8. The Balaban J connectivity index is 1.06. The number of hydrogen-bond donors (Lipinski definition) is 3. The van der Waals surface area contributed by atoms with Crippen molar-refractivity contribution in [2.75, 3.05) is 39.8 Å². The predicted octanol–water partition coefficient (Wildman–Crippen LogP) is 2.00. The average molecular weight is 641 g/mol. The van der Waals surface area contributed by atoms with E-state index in [2.05, 4.69) is 24.5 Å². The van der Waals surface area contributed by atoms with Gasteiger partial charge >= 0.3 is 17.6 Å². The molecular formula is C34H48N4O8. The van der Waals surface area contributed by atoms with Crippen molar-refractivity contribution < 1.29 is 33.4 Å². The van der Waals surface area contributed by atoms with Gasteiger partial charge in [-0.1, -0.05) is 13.8 Å². The van der Waals surface area contributed by atoms with Crippen molar-refractivity contribution in [3.63, 3.8) is 0 Å². The summed E-state index contributed by atoms with van der Waals surface area (Å²) in [6.45, 7) is 8.74. The predicted molar refractivity (Wildman–Crippen MR) is 166 cm³/mol. The third kappa shape index (κ3) is 4.64. The molecule has 3 heterocycles. The maximum atomic E-state index is 13.2. The maximum absolute atomic E-state index is 13.2. The molecule has 12 heteroatoms. The molecule has 0 bridgehead atoms. The normalized spacial score (nSPS) is 42.8. The molecule has 4 saturated carbocycles. The van der Waals surface area contributed by atoms with Crippen LogP contribution in [0.4, 0.5) is 4.79 Å². The number of epoxide rings is 1. The van der Waals surface area contributed by atoms with E-state index in [4.69, 9.17) is 13.9 Å². The van der Waals surface area contributed by atoms with Gasteiger partial charge < -0.3 is 34.5 Å². The van der Waals surface area contributed by atoms with Crippen molar-refractivity contribution in [2.24, 2.45) is 22.7 Å². The van der Waals surface area contributed by atoms with Crippen LogP contribution in [0.2, 0.25) is 0 Å². The van der Waals surface area contributed by atoms with Crippen LogP contribution >= 0.6 is 0 Å². The van der Waals surface area contributed by atoms with Crippen molar-refractivity contribution >= 4 is 17.9 Å². The second kappa shape index (κ2) is 11.1. The Kier molecular flexibility index (Phi) is 7.60. The summed E-state index contributed by atoms with van der Waals surface area (Å²) in [4.78, 5) is 52.7. The molecule has 2 saturated heterocycles. The number of carbonyl (C=O) groups is 3. The average Bonchev–Trinajstić information content (AvgIpc) is 3.71. The van der Waals surface area contributed by atoms with E-state index in [0.29, 0.717) is 39.0 Å². The molecule has 2 aliphatic heterocycles. The fourth-order valence-electron chi connectivity index (χ4n) is 10.9. The highest BCUT2D eigenvalue weighted by Gasteiger charge is 2.85. The minimum atomic E-state index is -0.919. The summed E-state index contributed by atoms with van der Waals surface area (Å²) in [5.41, 5.74) is -1.65. The third-order valence-corrected chi connectivity index (χ3v) is 13.3. The Hall–Kier alpha value is -2.96. The summed E-state index contributed by atoms with van der Waals surface area (Å²) in [5.74, 6) is -0.0977. The molecular weight excluding hydrogens is 592 g/mol. The molecule has 0 aromatic carbocycles. The Morgan fingerprint density at radius 2 is 1.89 bits per heavy atom. The zero-order valence-corrected chi connectivity index (χ0v) is 27.4. The molecule has 7 rings (SSSR count). The smallest absolute Gasteiger partial charge is 0.335 e. The fraction of sp³-hybridized carbons (Fsp3) is 0.765. The number of piperazine rings is 1. The van der Waals surface area contributed by atoms with E-state index < -0.39 is 22.9 Å². The lowest BCUT2D eigenvalue weighted by atomic mass is 9.42. The number of hydrogen-bond acceptors (Lipinski definition) is 9. The van der Waals surface area contributed by atoms with E-state index in [9.17, 15) is 24.3 Å². The van der Waals surface area contributed by atoms with Crippen LogP contribution in [0.25, 0.3) is 0 Å². The van der Waals surface area contributed by atoms with Crippen LogP contribution in [0.15, 0.2) is 27.6 Å². The molecule has 12 nitrogen and oxygen atoms in total. The van der Waals surface area contributed by atoms with Gasteiger partial charge in [0.2, 0.25) is 5.91 Å². The lowest BCUT2D eigenvalue weighted by molar-refractivity contribution is -0.217. The monoisotopic (exact) mass is 640 g/mol. The van der Waals surface area contributed by atoms with E-state index >= 15 is 0 Å². The number of urea groups is 1. The fourth-order valence-corrected chi connectivity index (χ4v) is 10.9. The summed E-state index contributed by atoms with van der Waals surface area (Å²) < 4.78 is 18.0. The van der Waals surface area contributed by atoms with E-state index in [0.717, 1.165) is 44.2 Å². The Bertz CT molecular complexity index is 1450. The van der Waals surface area contributed by atoms with Gasteiger partial charge in [0, 0.05) is 63.6 Å². The van der Waals surface area contributed by atoms with Crippen LogP contribution < -0.4 is 16.3 Å². The quantitative estimate of drug-likeness (QED) is 0.313. The summed E-state index contributed by atoms with van der Waals surface area (Å²) >= 11 is 0. The number of aliphatic hydroxyl groups is 1. The molecule has 0 unspecified atom stereocenters. The summed E-state index contributed by atoms with van der Waals surface area (Å²) in [5, 5.41) is 18.3. The van der Waals surface area contributed by atoms with Gasteiger partial charge in [0.05, 0.1) is 18.4 Å². The molecule has 6 aliphatic rings. The molecule has 3 amide bonds. The Morgan fingerprint density at radius 3 is 2.61 bits per heavy atom. The van der Waals surface area contributed by atoms with Crippen LogP contribution in [-0.4, -0.2) is 102 Å². The maximum Gasteiger partial charge on any atom is 0.335 e. The standard InChI is InChI=1S/C34H48N4O8/c1-20(39)45-28-27(21-5-6-26(41)44-19-21)32(3)11-8-23-24(34(32)29(28)46-34)9-12-33(43)17-22(7-10-31(23,33)2)37(4)30(42)36-14-16-38-15-13-35-25(40)18-38/h5-6,19,22-24,27-29,43H,7-18H2,1-4H3,(H,35,40)(H,36,42)/t22-,23-,24+,27-,28+,29+,31+,32+,33-,34+/m0/s1. The number of nitrogens with one attached hydrogen (secondary N) is 2. The summed E-state index contributed by atoms with van der Waals surface area (Å²) in [6.07, 6.45) is 6.07. The van der Waals surface area contributed by atoms with Gasteiger partial charge in [-0.3, -0.25) is 14.5 Å². The van der Waals surface area contributed by atoms with E-state index in [-0.39, 0.29) is 58.6 Å². The van der Waals surface area contributed by atoms with Crippen LogP contribution in [0.1, 0.15) is 77.2 Å². The first-order valence-electron chi connectivity index (χ1n) is 17.0. The lowest BCUT2D eigenvalue weighted by Gasteiger charge is -2.64. The van der Waals surface area contributed by atoms with Gasteiger partial charge in [-0.15, -0.1) is 0 Å². The zero-order chi connectivity index (χ0) is 32.6. The first-order valence-corrected chi connectivity index (χ1v) is 17.0. The number of amides is 3. The topological polar surface area (TPSA) is 154 Å². The molecule has 3 N–H and O–H groups in total. The number of ether oxygens (including phenoxy) is 2. The van der Waals surface area contributed by atoms with Crippen molar-refractivity contribution in [3.05, 3.63) is 34.4 Å². The van der Waals surface area contributed by atoms with Crippen LogP contribution in [-0.2, 0) is 19.1 Å². The first kappa shape index (κ1) is 31.6. The van der Waals surface area contributed by atoms with Crippen molar-refractivity contribution in [1.29, 1.82) is 0 Å². The molecule has 46 heavy (non-hydrogen) atoms. The molecule has 4 aliphatic carbocycles. The van der Waals surface area contributed by atoms with E-state index in [1.807, 2.05) is 11.9 Å². The molecule has 1 aromatic heterocycles. The van der Waals surface area contributed by atoms with E-state index in [1.165, 1.54) is 19.3 Å². The number of carbonyl (C=O) groups excluding carboxylic acids is 3. The van der Waals surface area contributed by atoms with E-state index in [1.54, 1.807) is 11.0 Å². The van der Waals surface area contributed by atoms with Gasteiger partial charge in [-0.25, -0.2) is 9.59 Å². The minimum absolute atomic E-state index is 0.0110. The van der Waals surface area contributed by atoms with Gasteiger partial charge in [0.15, 0.2) is 0 Å². The van der Waals surface area contributed by atoms with Crippen LogP contribution in [0.5, 0.6) is 0 Å². The van der Waals surface area contributed by atoms with Gasteiger partial charge in [0.1, 0.15) is 17.8 Å². The highest BCUT2D eigenvalue weighted by molar-refractivity contribution is 5.78. The van der Waals surface area contributed by atoms with Gasteiger partial charge in [0.25, 0.3) is 0 Å². The van der Waals surface area contributed by atoms with Crippen LogP contribution in [0, 0.1) is 22.7 Å². The molecule has 0 radical (unpaired) electrons. The zero-order valence-electron chi connectivity index (χ0n) is 27.4. The molecule has 1 aromatic rings. The third-order valence-electron chi connectivity index (χ3n) is 13.3. The van der Waals surface area contributed by atoms with Gasteiger partial charge in [-0.2, -0.15) is 0 Å². The number of nitrogens with zero attached hydrogens (tertiary/aromatic N) is 2. The molecule has 6 fully saturated rings. The molecule has 1 spiro atoms. The SMILES string of the molecule is CC(=O)O[C@H]1[C@H]2O[C@]23[C@@H]2CC[C@]4(O)C[C@@H](N(C)C(=O)NCCN5CCNC(=O)C5)CC[C@]4(C)[C@H]2CC[C@]3(C)[C@H]1c1ccc(=O)oc1. The minimum Gasteiger partial charge on any atom is -0.459 e. The largest absolute Gasteiger partial charge is 0.459 e. The van der Waals surface area contributed by atoms with Crippen molar-refractivity contribution in [2.45, 2.75) is 101 Å².